The summed E-state index contributed by atoms with van der Waals surface area (Å²) in [6.45, 7) is 9.11. The molecule has 0 unspecified atom stereocenters. The molecule has 5 atom stereocenters. The molecule has 5 aliphatic rings. The molecule has 1 spiro atoms. The topological polar surface area (TPSA) is 38.8 Å². The van der Waals surface area contributed by atoms with Crippen molar-refractivity contribution in [2.45, 2.75) is 71.2 Å². The van der Waals surface area contributed by atoms with Gasteiger partial charge in [0.25, 0.3) is 0 Å². The molecule has 0 aromatic carbocycles. The van der Waals surface area contributed by atoms with Crippen molar-refractivity contribution in [3.8, 4) is 0 Å². The van der Waals surface area contributed by atoms with Crippen molar-refractivity contribution in [1.29, 1.82) is 0 Å². The number of hydrogen-bond donors (Lipinski definition) is 0. The van der Waals surface area contributed by atoms with Gasteiger partial charge in [-0.15, -0.1) is 0 Å². The molecule has 2 heterocycles. The molecular formula is C20H26O3. The zero-order valence-corrected chi connectivity index (χ0v) is 14.5. The number of fused-ring (bicyclic) bond motifs is 1. The molecule has 0 amide bonds. The number of esters is 1. The summed E-state index contributed by atoms with van der Waals surface area (Å²) >= 11 is 0. The molecule has 4 fully saturated rings. The predicted octanol–water partition coefficient (Wildman–Crippen LogP) is 3.79. The van der Waals surface area contributed by atoms with Crippen molar-refractivity contribution in [3.05, 3.63) is 23.3 Å². The Labute approximate surface area is 138 Å². The van der Waals surface area contributed by atoms with E-state index in [2.05, 4.69) is 39.8 Å². The normalized spacial score (nSPS) is 48.7. The lowest BCUT2D eigenvalue weighted by Crippen LogP contribution is -2.55. The zero-order chi connectivity index (χ0) is 16.2. The Kier molecular flexibility index (Phi) is 2.44. The van der Waals surface area contributed by atoms with E-state index in [1.54, 1.807) is 0 Å². The molecule has 23 heavy (non-hydrogen) atoms. The Morgan fingerprint density at radius 3 is 2.78 bits per heavy atom. The summed E-state index contributed by atoms with van der Waals surface area (Å²) in [5.74, 6) is 0.833. The summed E-state index contributed by atoms with van der Waals surface area (Å²) in [6, 6.07) is 0. The van der Waals surface area contributed by atoms with Gasteiger partial charge in [0.1, 0.15) is 17.8 Å². The summed E-state index contributed by atoms with van der Waals surface area (Å²) in [6.07, 6.45) is 8.82. The first-order valence-corrected chi connectivity index (χ1v) is 9.14. The van der Waals surface area contributed by atoms with Crippen molar-refractivity contribution < 1.29 is 14.3 Å². The number of rotatable bonds is 1. The van der Waals surface area contributed by atoms with Gasteiger partial charge in [-0.25, -0.2) is 0 Å². The number of hydrogen-bond acceptors (Lipinski definition) is 3. The van der Waals surface area contributed by atoms with Crippen molar-refractivity contribution in [3.63, 3.8) is 0 Å². The van der Waals surface area contributed by atoms with Crippen molar-refractivity contribution in [2.75, 3.05) is 0 Å². The van der Waals surface area contributed by atoms with E-state index < -0.39 is 5.41 Å². The third kappa shape index (κ3) is 1.45. The lowest BCUT2D eigenvalue weighted by atomic mass is 9.47. The van der Waals surface area contributed by atoms with Crippen LogP contribution in [0.2, 0.25) is 0 Å². The van der Waals surface area contributed by atoms with Crippen LogP contribution >= 0.6 is 0 Å². The quantitative estimate of drug-likeness (QED) is 0.420. The Morgan fingerprint density at radius 2 is 2.04 bits per heavy atom. The van der Waals surface area contributed by atoms with E-state index >= 15 is 0 Å². The van der Waals surface area contributed by atoms with Gasteiger partial charge in [0.05, 0.1) is 5.41 Å². The Hall–Kier alpha value is -1.09. The summed E-state index contributed by atoms with van der Waals surface area (Å²) in [5.41, 5.74) is 2.08. The van der Waals surface area contributed by atoms with Gasteiger partial charge in [-0.2, -0.15) is 0 Å². The van der Waals surface area contributed by atoms with E-state index in [-0.39, 0.29) is 35.1 Å². The minimum absolute atomic E-state index is 0.0306. The van der Waals surface area contributed by atoms with Gasteiger partial charge in [0.15, 0.2) is 0 Å². The Morgan fingerprint density at radius 1 is 1.26 bits per heavy atom. The molecule has 3 aliphatic carbocycles. The van der Waals surface area contributed by atoms with E-state index in [0.29, 0.717) is 5.92 Å². The highest BCUT2D eigenvalue weighted by atomic mass is 16.7. The Balaban J connectivity index is 1.69. The van der Waals surface area contributed by atoms with Crippen LogP contribution in [-0.4, -0.2) is 23.8 Å². The maximum absolute atomic E-state index is 13.0. The lowest BCUT2D eigenvalue weighted by molar-refractivity contribution is -0.148. The molecule has 2 saturated heterocycles. The van der Waals surface area contributed by atoms with Gasteiger partial charge >= 0.3 is 5.97 Å². The molecule has 3 heteroatoms. The number of epoxide rings is 1. The van der Waals surface area contributed by atoms with Crippen LogP contribution in [0.1, 0.15) is 53.4 Å². The van der Waals surface area contributed by atoms with Crippen molar-refractivity contribution >= 4 is 5.97 Å². The summed E-state index contributed by atoms with van der Waals surface area (Å²) < 4.78 is 12.3. The molecule has 2 aliphatic heterocycles. The van der Waals surface area contributed by atoms with Crippen LogP contribution in [0, 0.1) is 22.7 Å². The van der Waals surface area contributed by atoms with Gasteiger partial charge in [-0.3, -0.25) is 4.79 Å². The standard InChI is InChI=1S/C20H26O3/c1-11(2)12-6-7-13-19-9-5-8-18(3,4)15(19)14(22-17(19)21)16-20(13,10-12)23-16/h7,10-11,14-16H,5-6,8-9H2,1-4H3/t14-,15-,16-,19-,20+/m0/s1. The van der Waals surface area contributed by atoms with Crippen LogP contribution in [0.25, 0.3) is 0 Å². The van der Waals surface area contributed by atoms with E-state index in [1.807, 2.05) is 0 Å². The minimum atomic E-state index is -0.418. The highest BCUT2D eigenvalue weighted by Crippen LogP contribution is 2.73. The average Bonchev–Trinajstić information content (AvgIpc) is 3.11. The minimum Gasteiger partial charge on any atom is -0.458 e. The average molecular weight is 314 g/mol. The zero-order valence-electron chi connectivity index (χ0n) is 14.5. The monoisotopic (exact) mass is 314 g/mol. The molecule has 3 nitrogen and oxygen atoms in total. The van der Waals surface area contributed by atoms with Crippen LogP contribution in [-0.2, 0) is 14.3 Å². The first-order chi connectivity index (χ1) is 10.8. The largest absolute Gasteiger partial charge is 0.458 e. The van der Waals surface area contributed by atoms with Gasteiger partial charge < -0.3 is 9.47 Å². The maximum Gasteiger partial charge on any atom is 0.317 e. The van der Waals surface area contributed by atoms with Crippen LogP contribution in [0.3, 0.4) is 0 Å². The van der Waals surface area contributed by atoms with Crippen LogP contribution in [0.15, 0.2) is 23.3 Å². The number of carbonyl (C=O) groups is 1. The molecule has 124 valence electrons. The maximum atomic E-state index is 13.0. The third-order valence-corrected chi connectivity index (χ3v) is 7.27. The highest BCUT2D eigenvalue weighted by Gasteiger charge is 2.81. The SMILES string of the molecule is CC(C)C1=C[C@]23O[C@H]2[C@H]2OC(=O)[C@@]4(CCCC(C)(C)[C@H]24)C3=CC1. The second-order valence-corrected chi connectivity index (χ2v) is 9.19. The molecular weight excluding hydrogens is 288 g/mol. The smallest absolute Gasteiger partial charge is 0.317 e. The van der Waals surface area contributed by atoms with E-state index in [1.165, 1.54) is 17.6 Å². The van der Waals surface area contributed by atoms with Crippen LogP contribution in [0.4, 0.5) is 0 Å². The predicted molar refractivity (Wildman–Crippen MR) is 86.7 cm³/mol. The van der Waals surface area contributed by atoms with E-state index in [9.17, 15) is 4.79 Å². The number of carbonyl (C=O) groups excluding carboxylic acids is 1. The van der Waals surface area contributed by atoms with E-state index in [0.717, 1.165) is 19.3 Å². The Bertz CT molecular complexity index is 670. The van der Waals surface area contributed by atoms with E-state index in [4.69, 9.17) is 9.47 Å². The van der Waals surface area contributed by atoms with Crippen LogP contribution < -0.4 is 0 Å². The first kappa shape index (κ1) is 14.3. The summed E-state index contributed by atoms with van der Waals surface area (Å²) in [7, 11) is 0. The summed E-state index contributed by atoms with van der Waals surface area (Å²) in [4.78, 5) is 13.0. The molecule has 0 aromatic rings. The van der Waals surface area contributed by atoms with Gasteiger partial charge in [-0.05, 0) is 42.2 Å². The lowest BCUT2D eigenvalue weighted by Gasteiger charge is -2.51. The van der Waals surface area contributed by atoms with Crippen molar-refractivity contribution in [1.82, 2.24) is 0 Å². The van der Waals surface area contributed by atoms with Crippen LogP contribution in [0.5, 0.6) is 0 Å². The van der Waals surface area contributed by atoms with Crippen molar-refractivity contribution in [2.24, 2.45) is 22.7 Å². The highest BCUT2D eigenvalue weighted by molar-refractivity contribution is 5.87. The number of allylic oxidation sites excluding steroid dienone is 2. The second-order valence-electron chi connectivity index (χ2n) is 9.19. The summed E-state index contributed by atoms with van der Waals surface area (Å²) in [5, 5.41) is 0. The molecule has 2 bridgehead atoms. The molecule has 0 N–H and O–H groups in total. The van der Waals surface area contributed by atoms with Gasteiger partial charge in [-0.1, -0.05) is 45.8 Å². The second kappa shape index (κ2) is 3.93. The molecule has 0 aromatic heterocycles. The third-order valence-electron chi connectivity index (χ3n) is 7.27. The first-order valence-electron chi connectivity index (χ1n) is 9.14. The fourth-order valence-electron chi connectivity index (χ4n) is 6.25. The number of ether oxygens (including phenoxy) is 2. The van der Waals surface area contributed by atoms with Gasteiger partial charge in [0, 0.05) is 5.92 Å². The molecule has 2 saturated carbocycles. The fourth-order valence-corrected chi connectivity index (χ4v) is 6.25. The van der Waals surface area contributed by atoms with Gasteiger partial charge in [0.2, 0.25) is 0 Å². The fraction of sp³-hybridized carbons (Fsp3) is 0.750. The molecule has 5 rings (SSSR count). The molecule has 0 radical (unpaired) electrons.